The van der Waals surface area contributed by atoms with Crippen molar-refractivity contribution < 1.29 is 85.9 Å². The molecule has 0 rings (SSSR count). The highest BCUT2D eigenvalue weighted by molar-refractivity contribution is 8.13. The standard InChI is InChI=1S/C32H45N3O18S2/c1-3-24(38)51-18-19-53-26(40)5-7-30(44)54-20-8-27(41)49-14-11-34(10-13-47-2)32(46)35(31(45)33-22-36)12-15-50-28(42)9-21-55-29(43)6-4-25(39)52-17-16-48-23-37/h3,22-23H,1,4-21H2,2H3,(H,33,36,45). The Morgan fingerprint density at radius 3 is 1.58 bits per heavy atom. The molecule has 0 aliphatic heterocycles. The van der Waals surface area contributed by atoms with Crippen LogP contribution in [0.5, 0.6) is 0 Å². The average Bonchev–Trinajstić information content (AvgIpc) is 3.16. The van der Waals surface area contributed by atoms with Gasteiger partial charge in [0.2, 0.25) is 6.41 Å². The number of amides is 5. The topological polar surface area (TPSA) is 271 Å². The highest BCUT2D eigenvalue weighted by Gasteiger charge is 2.27. The van der Waals surface area contributed by atoms with E-state index in [1.165, 1.54) is 7.11 Å². The number of carbonyl (C=O) groups excluding carboxylic acids is 11. The molecule has 0 aromatic rings. The molecule has 0 unspecified atom stereocenters. The van der Waals surface area contributed by atoms with Crippen LogP contribution < -0.4 is 5.32 Å². The maximum Gasteiger partial charge on any atom is 0.332 e. The van der Waals surface area contributed by atoms with Gasteiger partial charge in [0.05, 0.1) is 45.4 Å². The van der Waals surface area contributed by atoms with Gasteiger partial charge < -0.3 is 38.1 Å². The van der Waals surface area contributed by atoms with Gasteiger partial charge in [-0.1, -0.05) is 30.1 Å². The SMILES string of the molecule is C=CC(=O)OCCOC(=O)CCC(=O)SCCC(=O)OCCN(CCOC)C(=O)N(CCOC(=O)CCSC(=O)CCC(=O)OCCOC=O)C(=O)NC=O. The first-order valence-corrected chi connectivity index (χ1v) is 18.4. The summed E-state index contributed by atoms with van der Waals surface area (Å²) in [4.78, 5) is 131. The van der Waals surface area contributed by atoms with E-state index in [4.69, 9.17) is 23.7 Å². The highest BCUT2D eigenvalue weighted by Crippen LogP contribution is 2.12. The van der Waals surface area contributed by atoms with Gasteiger partial charge >= 0.3 is 41.9 Å². The summed E-state index contributed by atoms with van der Waals surface area (Å²) in [6.45, 7) is 1.30. The number of hydrogen-bond acceptors (Lipinski definition) is 20. The Morgan fingerprint density at radius 2 is 1.07 bits per heavy atom. The molecular weight excluding hydrogens is 778 g/mol. The number of nitrogens with one attached hydrogen (secondary N) is 1. The molecule has 0 atom stereocenters. The lowest BCUT2D eigenvalue weighted by Crippen LogP contribution is -2.52. The smallest absolute Gasteiger partial charge is 0.332 e. The molecule has 0 bridgehead atoms. The summed E-state index contributed by atoms with van der Waals surface area (Å²) >= 11 is 1.59. The van der Waals surface area contributed by atoms with Gasteiger partial charge in [-0.05, 0) is 0 Å². The van der Waals surface area contributed by atoms with Gasteiger partial charge in [0.15, 0.2) is 10.2 Å². The zero-order chi connectivity index (χ0) is 41.3. The average molecular weight is 824 g/mol. The van der Waals surface area contributed by atoms with E-state index < -0.39 is 55.1 Å². The van der Waals surface area contributed by atoms with Crippen molar-refractivity contribution in [2.24, 2.45) is 0 Å². The third-order valence-electron chi connectivity index (χ3n) is 6.19. The van der Waals surface area contributed by atoms with Crippen molar-refractivity contribution in [2.75, 3.05) is 84.5 Å². The van der Waals surface area contributed by atoms with Crippen molar-refractivity contribution in [3.8, 4) is 0 Å². The molecule has 0 saturated carbocycles. The Kier molecular flexibility index (Phi) is 29.4. The number of thioether (sulfide) groups is 2. The number of esters is 5. The van der Waals surface area contributed by atoms with E-state index in [2.05, 4.69) is 16.1 Å². The van der Waals surface area contributed by atoms with Gasteiger partial charge in [-0.15, -0.1) is 0 Å². The van der Waals surface area contributed by atoms with Crippen LogP contribution in [0.2, 0.25) is 0 Å². The molecule has 0 spiro atoms. The molecule has 23 heteroatoms. The first-order valence-electron chi connectivity index (χ1n) is 16.5. The summed E-state index contributed by atoms with van der Waals surface area (Å²) in [5.74, 6) is -3.40. The van der Waals surface area contributed by atoms with E-state index in [0.717, 1.165) is 34.5 Å². The maximum atomic E-state index is 13.3. The van der Waals surface area contributed by atoms with Gasteiger partial charge in [0, 0.05) is 44.1 Å². The van der Waals surface area contributed by atoms with Crippen molar-refractivity contribution >= 4 is 88.5 Å². The maximum absolute atomic E-state index is 13.3. The second kappa shape index (κ2) is 32.4. The lowest BCUT2D eigenvalue weighted by atomic mass is 10.3. The minimum atomic E-state index is -1.13. The number of carbonyl (C=O) groups is 11. The van der Waals surface area contributed by atoms with Crippen LogP contribution in [0, 0.1) is 0 Å². The number of ether oxygens (including phenoxy) is 7. The summed E-state index contributed by atoms with van der Waals surface area (Å²) in [5, 5.41) is 1.07. The third-order valence-corrected chi connectivity index (χ3v) is 8.06. The second-order valence-electron chi connectivity index (χ2n) is 10.1. The summed E-state index contributed by atoms with van der Waals surface area (Å²) in [5.41, 5.74) is 0. The van der Waals surface area contributed by atoms with Crippen molar-refractivity contribution in [1.82, 2.24) is 15.1 Å². The van der Waals surface area contributed by atoms with Crippen LogP contribution in [-0.2, 0) is 76.3 Å². The van der Waals surface area contributed by atoms with Crippen LogP contribution >= 0.6 is 23.5 Å². The number of rotatable bonds is 30. The molecule has 55 heavy (non-hydrogen) atoms. The van der Waals surface area contributed by atoms with Gasteiger partial charge in [-0.25, -0.2) is 19.3 Å². The molecule has 1 N–H and O–H groups in total. The first kappa shape index (κ1) is 50.0. The number of hydrogen-bond donors (Lipinski definition) is 1. The highest BCUT2D eigenvalue weighted by atomic mass is 32.2. The Bertz CT molecular complexity index is 1310. The van der Waals surface area contributed by atoms with E-state index in [1.807, 2.05) is 5.32 Å². The zero-order valence-corrected chi connectivity index (χ0v) is 31.9. The lowest BCUT2D eigenvalue weighted by Gasteiger charge is -2.28. The molecule has 0 aliphatic rings. The number of urea groups is 2. The summed E-state index contributed by atoms with van der Waals surface area (Å²) < 4.78 is 33.8. The zero-order valence-electron chi connectivity index (χ0n) is 30.2. The number of nitrogens with zero attached hydrogens (tertiary/aromatic N) is 2. The predicted octanol–water partition coefficient (Wildman–Crippen LogP) is 0.158. The van der Waals surface area contributed by atoms with E-state index in [-0.39, 0.29) is 126 Å². The van der Waals surface area contributed by atoms with Gasteiger partial charge in [-0.3, -0.25) is 43.7 Å². The first-order chi connectivity index (χ1) is 26.4. The molecule has 0 heterocycles. The second-order valence-corrected chi connectivity index (χ2v) is 12.4. The summed E-state index contributed by atoms with van der Waals surface area (Å²) in [7, 11) is 1.36. The molecule has 0 aliphatic carbocycles. The van der Waals surface area contributed by atoms with Crippen molar-refractivity contribution in [3.63, 3.8) is 0 Å². The molecule has 308 valence electrons. The fourth-order valence-corrected chi connectivity index (χ4v) is 5.04. The van der Waals surface area contributed by atoms with E-state index in [1.54, 1.807) is 0 Å². The molecule has 21 nitrogen and oxygen atoms in total. The quantitative estimate of drug-likeness (QED) is 0.0332. The Labute approximate surface area is 324 Å². The molecule has 0 saturated heterocycles. The van der Waals surface area contributed by atoms with Crippen LogP contribution in [-0.4, -0.2) is 159 Å². The normalized spacial score (nSPS) is 10.1. The predicted molar refractivity (Wildman–Crippen MR) is 190 cm³/mol. The van der Waals surface area contributed by atoms with Crippen molar-refractivity contribution in [1.29, 1.82) is 0 Å². The van der Waals surface area contributed by atoms with E-state index in [0.29, 0.717) is 4.90 Å². The van der Waals surface area contributed by atoms with Crippen LogP contribution in [0.1, 0.15) is 38.5 Å². The largest absolute Gasteiger partial charge is 0.464 e. The third kappa shape index (κ3) is 27.2. The molecule has 0 radical (unpaired) electrons. The van der Waals surface area contributed by atoms with Gasteiger partial charge in [0.25, 0.3) is 6.47 Å². The molecule has 0 fully saturated rings. The number of imide groups is 2. The molecule has 0 aromatic carbocycles. The minimum Gasteiger partial charge on any atom is -0.464 e. The minimum absolute atomic E-state index is 0.0147. The van der Waals surface area contributed by atoms with Gasteiger partial charge in [-0.2, -0.15) is 0 Å². The van der Waals surface area contributed by atoms with E-state index >= 15 is 0 Å². The van der Waals surface area contributed by atoms with Gasteiger partial charge in [0.1, 0.15) is 39.6 Å². The fraction of sp³-hybridized carbons (Fsp3) is 0.594. The summed E-state index contributed by atoms with van der Waals surface area (Å²) in [6.07, 6.45) is -0.122. The van der Waals surface area contributed by atoms with Crippen LogP contribution in [0.15, 0.2) is 12.7 Å². The van der Waals surface area contributed by atoms with Crippen LogP contribution in [0.4, 0.5) is 9.59 Å². The number of methoxy groups -OCH3 is 1. The molecule has 5 amide bonds. The fourth-order valence-electron chi connectivity index (χ4n) is 3.55. The Morgan fingerprint density at radius 1 is 0.600 bits per heavy atom. The van der Waals surface area contributed by atoms with Crippen LogP contribution in [0.25, 0.3) is 0 Å². The molecular formula is C32H45N3O18S2. The van der Waals surface area contributed by atoms with Crippen molar-refractivity contribution in [2.45, 2.75) is 38.5 Å². The summed E-state index contributed by atoms with van der Waals surface area (Å²) in [6, 6.07) is -2.06. The Balaban J connectivity index is 4.70. The monoisotopic (exact) mass is 823 g/mol. The lowest BCUT2D eigenvalue weighted by molar-refractivity contribution is -0.150. The van der Waals surface area contributed by atoms with E-state index in [9.17, 15) is 52.7 Å². The molecule has 0 aromatic heterocycles. The van der Waals surface area contributed by atoms with Crippen molar-refractivity contribution in [3.05, 3.63) is 12.7 Å². The Hall–Kier alpha value is -5.03. The van der Waals surface area contributed by atoms with Crippen LogP contribution in [0.3, 0.4) is 0 Å².